The lowest BCUT2D eigenvalue weighted by molar-refractivity contribution is -0.185. The predicted octanol–water partition coefficient (Wildman–Crippen LogP) is 4.01. The summed E-state index contributed by atoms with van der Waals surface area (Å²) in [6.45, 7) is 5.35. The minimum Gasteiger partial charge on any atom is -0.456 e. The lowest BCUT2D eigenvalue weighted by atomic mass is 9.66. The molecule has 22 heavy (non-hydrogen) atoms. The second kappa shape index (κ2) is 7.01. The molecule has 0 aromatic carbocycles. The second-order valence-electron chi connectivity index (χ2n) is 7.54. The number of ether oxygens (including phenoxy) is 2. The third-order valence-electron chi connectivity index (χ3n) is 5.62. The van der Waals surface area contributed by atoms with Gasteiger partial charge in [0.25, 0.3) is 0 Å². The van der Waals surface area contributed by atoms with Crippen molar-refractivity contribution in [3.05, 3.63) is 0 Å². The Balaban J connectivity index is 1.87. The van der Waals surface area contributed by atoms with Crippen LogP contribution in [0.1, 0.15) is 78.6 Å². The number of carbonyl (C=O) groups excluding carboxylic acids is 2. The highest BCUT2D eigenvalue weighted by atomic mass is 16.6. The van der Waals surface area contributed by atoms with Crippen molar-refractivity contribution in [3.63, 3.8) is 0 Å². The van der Waals surface area contributed by atoms with Crippen molar-refractivity contribution in [2.75, 3.05) is 6.61 Å². The molecule has 0 saturated heterocycles. The monoisotopic (exact) mass is 310 g/mol. The van der Waals surface area contributed by atoms with Crippen LogP contribution in [-0.2, 0) is 19.1 Å². The van der Waals surface area contributed by atoms with Crippen LogP contribution in [0, 0.1) is 11.3 Å². The Morgan fingerprint density at radius 3 is 2.23 bits per heavy atom. The summed E-state index contributed by atoms with van der Waals surface area (Å²) in [6.07, 6.45) is 9.68. The summed E-state index contributed by atoms with van der Waals surface area (Å²) < 4.78 is 11.0. The maximum Gasteiger partial charge on any atom is 0.344 e. The van der Waals surface area contributed by atoms with Gasteiger partial charge in [0.15, 0.2) is 6.61 Å². The van der Waals surface area contributed by atoms with Crippen molar-refractivity contribution in [2.45, 2.75) is 84.2 Å². The van der Waals surface area contributed by atoms with E-state index in [0.29, 0.717) is 12.3 Å². The van der Waals surface area contributed by atoms with Crippen molar-refractivity contribution >= 4 is 11.9 Å². The Bertz CT molecular complexity index is 403. The predicted molar refractivity (Wildman–Crippen MR) is 84.3 cm³/mol. The highest BCUT2D eigenvalue weighted by Crippen LogP contribution is 2.46. The first-order valence-corrected chi connectivity index (χ1v) is 8.79. The van der Waals surface area contributed by atoms with Gasteiger partial charge in [0, 0.05) is 0 Å². The summed E-state index contributed by atoms with van der Waals surface area (Å²) in [7, 11) is 0. The van der Waals surface area contributed by atoms with Gasteiger partial charge < -0.3 is 9.47 Å². The lowest BCUT2D eigenvalue weighted by Crippen LogP contribution is -2.47. The van der Waals surface area contributed by atoms with Crippen LogP contribution in [0.25, 0.3) is 0 Å². The van der Waals surface area contributed by atoms with Gasteiger partial charge in [-0.05, 0) is 64.7 Å². The van der Waals surface area contributed by atoms with E-state index < -0.39 is 5.41 Å². The number of rotatable bonds is 6. The van der Waals surface area contributed by atoms with Gasteiger partial charge in [0.05, 0.1) is 5.41 Å². The zero-order chi connectivity index (χ0) is 16.2. The normalized spacial score (nSPS) is 21.8. The van der Waals surface area contributed by atoms with Crippen molar-refractivity contribution in [3.8, 4) is 0 Å². The molecule has 0 heterocycles. The lowest BCUT2D eigenvalue weighted by Gasteiger charge is -2.46. The zero-order valence-electron chi connectivity index (χ0n) is 14.3. The average Bonchev–Trinajstić information content (AvgIpc) is 2.43. The van der Waals surface area contributed by atoms with Gasteiger partial charge in [-0.2, -0.15) is 0 Å². The molecule has 0 spiro atoms. The Hall–Kier alpha value is -1.06. The van der Waals surface area contributed by atoms with E-state index in [4.69, 9.17) is 9.47 Å². The van der Waals surface area contributed by atoms with Crippen LogP contribution in [0.2, 0.25) is 0 Å². The molecule has 2 rings (SSSR count). The van der Waals surface area contributed by atoms with Crippen LogP contribution in [0.15, 0.2) is 0 Å². The van der Waals surface area contributed by atoms with E-state index in [1.165, 1.54) is 12.8 Å². The molecule has 2 saturated carbocycles. The average molecular weight is 310 g/mol. The van der Waals surface area contributed by atoms with E-state index in [1.807, 2.05) is 20.8 Å². The molecule has 4 nitrogen and oxygen atoms in total. The SMILES string of the molecule is CCC(C)(C)C(=O)OCC(=O)OC1(C2CCC2)CCCCC1. The summed E-state index contributed by atoms with van der Waals surface area (Å²) in [5, 5.41) is 0. The van der Waals surface area contributed by atoms with Crippen molar-refractivity contribution in [1.29, 1.82) is 0 Å². The number of hydrogen-bond donors (Lipinski definition) is 0. The summed E-state index contributed by atoms with van der Waals surface area (Å²) in [4.78, 5) is 24.1. The molecule has 2 aliphatic rings. The van der Waals surface area contributed by atoms with Crippen molar-refractivity contribution in [2.24, 2.45) is 11.3 Å². The molecule has 0 unspecified atom stereocenters. The maximum absolute atomic E-state index is 12.2. The molecule has 2 fully saturated rings. The summed E-state index contributed by atoms with van der Waals surface area (Å²) in [5.41, 5.74) is -0.822. The van der Waals surface area contributed by atoms with Crippen LogP contribution in [0.3, 0.4) is 0 Å². The third-order valence-corrected chi connectivity index (χ3v) is 5.62. The molecule has 0 aromatic rings. The van der Waals surface area contributed by atoms with Crippen LogP contribution in [0.4, 0.5) is 0 Å². The van der Waals surface area contributed by atoms with E-state index >= 15 is 0 Å². The Labute approximate surface area is 133 Å². The first kappa shape index (κ1) is 17.3. The Morgan fingerprint density at radius 2 is 1.73 bits per heavy atom. The van der Waals surface area contributed by atoms with Gasteiger partial charge >= 0.3 is 11.9 Å². The second-order valence-corrected chi connectivity index (χ2v) is 7.54. The molecular formula is C18H30O4. The smallest absolute Gasteiger partial charge is 0.344 e. The van der Waals surface area contributed by atoms with Gasteiger partial charge in [-0.25, -0.2) is 4.79 Å². The minimum absolute atomic E-state index is 0.253. The molecule has 0 radical (unpaired) electrons. The fraction of sp³-hybridized carbons (Fsp3) is 0.889. The van der Waals surface area contributed by atoms with E-state index in [1.54, 1.807) is 0 Å². The molecule has 0 atom stereocenters. The molecular weight excluding hydrogens is 280 g/mol. The van der Waals surface area contributed by atoms with Crippen molar-refractivity contribution < 1.29 is 19.1 Å². The molecule has 0 N–H and O–H groups in total. The highest BCUT2D eigenvalue weighted by Gasteiger charge is 2.45. The van der Waals surface area contributed by atoms with E-state index in [0.717, 1.165) is 38.5 Å². The molecule has 0 bridgehead atoms. The first-order chi connectivity index (χ1) is 10.4. The van der Waals surface area contributed by atoms with Crippen molar-refractivity contribution in [1.82, 2.24) is 0 Å². The third kappa shape index (κ3) is 3.82. The van der Waals surface area contributed by atoms with Crippen LogP contribution in [-0.4, -0.2) is 24.1 Å². The number of carbonyl (C=O) groups is 2. The summed E-state index contributed by atoms with van der Waals surface area (Å²) in [5.74, 6) is -0.193. The molecule has 0 aliphatic heterocycles. The van der Waals surface area contributed by atoms with Gasteiger partial charge in [-0.1, -0.05) is 19.8 Å². The standard InChI is InChI=1S/C18H30O4/c1-4-17(2,3)16(20)21-13-15(19)22-18(14-9-8-10-14)11-6-5-7-12-18/h14H,4-13H2,1-3H3. The van der Waals surface area contributed by atoms with Gasteiger partial charge in [0.1, 0.15) is 5.60 Å². The Kier molecular flexibility index (Phi) is 5.51. The summed E-state index contributed by atoms with van der Waals surface area (Å²) >= 11 is 0. The van der Waals surface area contributed by atoms with Crippen LogP contribution in [0.5, 0.6) is 0 Å². The fourth-order valence-electron chi connectivity index (χ4n) is 3.40. The largest absolute Gasteiger partial charge is 0.456 e. The van der Waals surface area contributed by atoms with Crippen LogP contribution >= 0.6 is 0 Å². The number of hydrogen-bond acceptors (Lipinski definition) is 4. The van der Waals surface area contributed by atoms with Gasteiger partial charge in [0.2, 0.25) is 0 Å². The van der Waals surface area contributed by atoms with Gasteiger partial charge in [-0.3, -0.25) is 4.79 Å². The molecule has 4 heteroatoms. The first-order valence-electron chi connectivity index (χ1n) is 8.79. The quantitative estimate of drug-likeness (QED) is 0.696. The molecule has 2 aliphatic carbocycles. The number of esters is 2. The molecule has 0 amide bonds. The van der Waals surface area contributed by atoms with Crippen LogP contribution < -0.4 is 0 Å². The summed E-state index contributed by atoms with van der Waals surface area (Å²) in [6, 6.07) is 0. The van der Waals surface area contributed by atoms with Gasteiger partial charge in [-0.15, -0.1) is 0 Å². The van der Waals surface area contributed by atoms with E-state index in [-0.39, 0.29) is 24.1 Å². The molecule has 0 aromatic heterocycles. The topological polar surface area (TPSA) is 52.6 Å². The van der Waals surface area contributed by atoms with E-state index in [9.17, 15) is 9.59 Å². The molecule has 126 valence electrons. The Morgan fingerprint density at radius 1 is 1.09 bits per heavy atom. The minimum atomic E-state index is -0.545. The zero-order valence-corrected chi connectivity index (χ0v) is 14.3. The fourth-order valence-corrected chi connectivity index (χ4v) is 3.40. The van der Waals surface area contributed by atoms with E-state index in [2.05, 4.69) is 0 Å². The highest BCUT2D eigenvalue weighted by molar-refractivity contribution is 5.79. The maximum atomic E-state index is 12.2.